The van der Waals surface area contributed by atoms with Crippen LogP contribution in [-0.2, 0) is 23.2 Å². The van der Waals surface area contributed by atoms with Crippen molar-refractivity contribution in [1.82, 2.24) is 14.8 Å². The number of carbonyl (C=O) groups is 2. The number of fused-ring (bicyclic) bond motifs is 2. The van der Waals surface area contributed by atoms with Gasteiger partial charge in [0.25, 0.3) is 11.7 Å². The van der Waals surface area contributed by atoms with Gasteiger partial charge in [0.2, 0.25) is 0 Å². The maximum atomic E-state index is 14.0. The molecule has 0 spiro atoms. The van der Waals surface area contributed by atoms with Crippen LogP contribution in [0.2, 0.25) is 0 Å². The first-order valence-corrected chi connectivity index (χ1v) is 12.4. The Morgan fingerprint density at radius 1 is 1.19 bits per heavy atom. The van der Waals surface area contributed by atoms with Crippen LogP contribution >= 0.6 is 0 Å². The van der Waals surface area contributed by atoms with E-state index < -0.39 is 5.41 Å². The van der Waals surface area contributed by atoms with Gasteiger partial charge in [0, 0.05) is 25.2 Å². The van der Waals surface area contributed by atoms with E-state index in [9.17, 15) is 19.1 Å². The second kappa shape index (κ2) is 8.94. The number of halogens is 1. The first-order valence-electron chi connectivity index (χ1n) is 12.4. The molecule has 0 saturated heterocycles. The van der Waals surface area contributed by atoms with Crippen molar-refractivity contribution in [3.63, 3.8) is 0 Å². The molecule has 1 N–H and O–H groups in total. The number of aromatic nitrogens is 1. The highest BCUT2D eigenvalue weighted by atomic mass is 19.1. The molecule has 2 aromatic carbocycles. The van der Waals surface area contributed by atoms with Gasteiger partial charge in [0.15, 0.2) is 11.5 Å². The van der Waals surface area contributed by atoms with Crippen molar-refractivity contribution in [3.8, 4) is 5.75 Å². The fourth-order valence-electron chi connectivity index (χ4n) is 5.63. The lowest BCUT2D eigenvalue weighted by molar-refractivity contribution is -0.470. The van der Waals surface area contributed by atoms with Crippen LogP contribution in [0.4, 0.5) is 4.39 Å². The van der Waals surface area contributed by atoms with Gasteiger partial charge < -0.3 is 10.0 Å². The minimum atomic E-state index is -0.727. The van der Waals surface area contributed by atoms with Gasteiger partial charge in [-0.3, -0.25) is 24.0 Å². The highest BCUT2D eigenvalue weighted by Gasteiger charge is 2.55. The molecule has 2 aliphatic rings. The molecule has 192 valence electrons. The van der Waals surface area contributed by atoms with Crippen LogP contribution in [-0.4, -0.2) is 77.2 Å². The van der Waals surface area contributed by atoms with Gasteiger partial charge in [-0.25, -0.2) is 4.39 Å². The maximum Gasteiger partial charge on any atom is 0.258 e. The molecule has 1 amide bonds. The van der Waals surface area contributed by atoms with Crippen LogP contribution in [0, 0.1) is 5.82 Å². The maximum absolute atomic E-state index is 14.0. The lowest BCUT2D eigenvalue weighted by atomic mass is 9.81. The number of phenolic OH excluding ortho intramolecular Hbond substituents is 1. The average Bonchev–Trinajstić information content (AvgIpc) is 3.59. The summed E-state index contributed by atoms with van der Waals surface area (Å²) >= 11 is 0. The number of benzene rings is 2. The van der Waals surface area contributed by atoms with E-state index in [2.05, 4.69) is 4.98 Å². The second-order valence-electron chi connectivity index (χ2n) is 10.7. The van der Waals surface area contributed by atoms with E-state index in [0.29, 0.717) is 36.7 Å². The lowest BCUT2D eigenvalue weighted by Gasteiger charge is -2.22. The number of nitrogens with zero attached hydrogens (tertiary/aromatic N) is 4. The molecule has 7 nitrogen and oxygen atoms in total. The van der Waals surface area contributed by atoms with E-state index >= 15 is 0 Å². The normalized spacial score (nSPS) is 15.6. The summed E-state index contributed by atoms with van der Waals surface area (Å²) in [5, 5.41) is 11.9. The van der Waals surface area contributed by atoms with E-state index in [4.69, 9.17) is 0 Å². The molecule has 0 bridgehead atoms. The van der Waals surface area contributed by atoms with Crippen molar-refractivity contribution in [1.29, 1.82) is 0 Å². The average molecular weight is 504 g/mol. The quantitative estimate of drug-likeness (QED) is 0.317. The van der Waals surface area contributed by atoms with E-state index in [-0.39, 0.29) is 35.2 Å². The fourth-order valence-corrected chi connectivity index (χ4v) is 5.63. The minimum absolute atomic E-state index is 0.102. The number of amidine groups is 1. The number of carbonyl (C=O) groups excluding carboxylic acids is 2. The van der Waals surface area contributed by atoms with Gasteiger partial charge in [-0.2, -0.15) is 0 Å². The Balaban J connectivity index is 1.68. The number of pyridine rings is 1. The molecule has 1 saturated carbocycles. The molecule has 1 fully saturated rings. The molecule has 1 aromatic heterocycles. The zero-order chi connectivity index (χ0) is 26.6. The van der Waals surface area contributed by atoms with Gasteiger partial charge in [-0.1, -0.05) is 12.1 Å². The number of Topliss-reactive ketones (excluding diaryl/α,β-unsaturated/α-hetero) is 1. The van der Waals surface area contributed by atoms with Gasteiger partial charge >= 0.3 is 0 Å². The molecule has 1 aliphatic heterocycles. The summed E-state index contributed by atoms with van der Waals surface area (Å²) in [4.78, 5) is 35.1. The monoisotopic (exact) mass is 503 g/mol. The Morgan fingerprint density at radius 2 is 1.86 bits per heavy atom. The van der Waals surface area contributed by atoms with Crippen LogP contribution in [0.25, 0.3) is 10.9 Å². The molecule has 8 heteroatoms. The third-order valence-electron chi connectivity index (χ3n) is 7.67. The standard InChI is InChI=1S/C29H31FN4O3/c1-32(2)23(33(3)4)14-22(35)29(10-11-29)25-20-13-18(12-17-6-8-19(30)9-7-17)15-31-26(20)27(36)24-21(25)16-34(5)28(24)37/h6-9,13,15H,10-12,14,16H2,1-5H3/p+1. The summed E-state index contributed by atoms with van der Waals surface area (Å²) in [5.74, 6) is 0.320. The summed E-state index contributed by atoms with van der Waals surface area (Å²) in [6.45, 7) is 0.335. The Hall–Kier alpha value is -3.81. The molecule has 2 heterocycles. The Morgan fingerprint density at radius 3 is 2.46 bits per heavy atom. The number of amides is 1. The zero-order valence-corrected chi connectivity index (χ0v) is 21.9. The Bertz CT molecular complexity index is 1470. The molecule has 0 unspecified atom stereocenters. The largest absolute Gasteiger partial charge is 0.505 e. The highest BCUT2D eigenvalue weighted by Crippen LogP contribution is 2.56. The number of phenols is 1. The SMILES string of the molecule is CN(C)C(CC(=O)C1(c2c3c(c(O)c4ncc(Cc5ccc(F)cc5)cc24)C(=O)N(C)C3)CC1)=[N+](C)C. The molecule has 37 heavy (non-hydrogen) atoms. The van der Waals surface area contributed by atoms with E-state index in [1.54, 1.807) is 30.3 Å². The van der Waals surface area contributed by atoms with Crippen LogP contribution in [0.5, 0.6) is 5.75 Å². The lowest BCUT2D eigenvalue weighted by Crippen LogP contribution is -2.35. The first kappa shape index (κ1) is 24.9. The third-order valence-corrected chi connectivity index (χ3v) is 7.67. The summed E-state index contributed by atoms with van der Waals surface area (Å²) in [6.07, 6.45) is 3.85. The second-order valence-corrected chi connectivity index (χ2v) is 10.7. The highest BCUT2D eigenvalue weighted by molar-refractivity contribution is 6.12. The van der Waals surface area contributed by atoms with Crippen molar-refractivity contribution in [2.75, 3.05) is 35.2 Å². The third kappa shape index (κ3) is 4.14. The van der Waals surface area contributed by atoms with Crippen molar-refractivity contribution in [3.05, 3.63) is 70.2 Å². The van der Waals surface area contributed by atoms with Crippen LogP contribution < -0.4 is 0 Å². The van der Waals surface area contributed by atoms with E-state index in [1.807, 2.05) is 43.7 Å². The molecule has 3 aromatic rings. The molecule has 0 atom stereocenters. The zero-order valence-electron chi connectivity index (χ0n) is 21.9. The number of rotatable bonds is 6. The number of aromatic hydroxyl groups is 1. The topological polar surface area (TPSA) is 76.8 Å². The Labute approximate surface area is 215 Å². The summed E-state index contributed by atoms with van der Waals surface area (Å²) in [7, 11) is 9.41. The van der Waals surface area contributed by atoms with Crippen LogP contribution in [0.3, 0.4) is 0 Å². The van der Waals surface area contributed by atoms with Crippen molar-refractivity contribution in [2.45, 2.75) is 37.6 Å². The molecular weight excluding hydrogens is 471 g/mol. The number of hydrogen-bond donors (Lipinski definition) is 1. The summed E-state index contributed by atoms with van der Waals surface area (Å²) < 4.78 is 15.4. The summed E-state index contributed by atoms with van der Waals surface area (Å²) in [6, 6.07) is 8.30. The predicted octanol–water partition coefficient (Wildman–Crippen LogP) is 3.48. The van der Waals surface area contributed by atoms with Gasteiger partial charge in [-0.05, 0) is 59.7 Å². The van der Waals surface area contributed by atoms with Crippen molar-refractivity contribution < 1.29 is 23.7 Å². The van der Waals surface area contributed by atoms with Gasteiger partial charge in [0.05, 0.1) is 39.2 Å². The van der Waals surface area contributed by atoms with E-state index in [0.717, 1.165) is 28.1 Å². The molecule has 1 aliphatic carbocycles. The first-order chi connectivity index (χ1) is 17.5. The fraction of sp³-hybridized carbons (Fsp3) is 0.379. The molecular formula is C29H32FN4O3+. The minimum Gasteiger partial charge on any atom is -0.505 e. The predicted molar refractivity (Wildman–Crippen MR) is 140 cm³/mol. The molecule has 5 rings (SSSR count). The van der Waals surface area contributed by atoms with E-state index in [1.165, 1.54) is 12.1 Å². The number of hydrogen-bond acceptors (Lipinski definition) is 4. The summed E-state index contributed by atoms with van der Waals surface area (Å²) in [5.41, 5.74) is 3.22. The smallest absolute Gasteiger partial charge is 0.258 e. The number of ketones is 1. The van der Waals surface area contributed by atoms with Crippen LogP contribution in [0.15, 0.2) is 36.5 Å². The van der Waals surface area contributed by atoms with Crippen molar-refractivity contribution >= 4 is 28.4 Å². The van der Waals surface area contributed by atoms with Crippen molar-refractivity contribution in [2.24, 2.45) is 0 Å². The van der Waals surface area contributed by atoms with Gasteiger partial charge in [0.1, 0.15) is 17.8 Å². The van der Waals surface area contributed by atoms with Crippen LogP contribution in [0.1, 0.15) is 51.9 Å². The van der Waals surface area contributed by atoms with Gasteiger partial charge in [-0.15, -0.1) is 0 Å². The molecule has 0 radical (unpaired) electrons. The Kier molecular flexibility index (Phi) is 6.01.